The maximum atomic E-state index is 10.8. The molecule has 0 aliphatic carbocycles. The lowest BCUT2D eigenvalue weighted by Crippen LogP contribution is -2.16. The van der Waals surface area contributed by atoms with Crippen LogP contribution in [0.4, 0.5) is 0 Å². The van der Waals surface area contributed by atoms with Crippen molar-refractivity contribution in [3.63, 3.8) is 0 Å². The Balaban J connectivity index is 4.06. The highest BCUT2D eigenvalue weighted by Crippen LogP contribution is 1.95. The maximum Gasteiger partial charge on any atom is 0.182 e. The van der Waals surface area contributed by atoms with Crippen LogP contribution in [0.25, 0.3) is 0 Å². The summed E-state index contributed by atoms with van der Waals surface area (Å²) >= 11 is 0. The minimum absolute atomic E-state index is 0.0825. The van der Waals surface area contributed by atoms with Gasteiger partial charge >= 0.3 is 0 Å². The molecule has 0 aromatic heterocycles. The molecule has 0 spiro atoms. The number of oxime groups is 1. The molecular formula is C6H11NO2. The summed E-state index contributed by atoms with van der Waals surface area (Å²) in [5, 5.41) is 10.9. The van der Waals surface area contributed by atoms with Crippen molar-refractivity contribution in [1.82, 2.24) is 0 Å². The minimum Gasteiger partial charge on any atom is -0.411 e. The van der Waals surface area contributed by atoms with Crippen LogP contribution in [-0.2, 0) is 4.79 Å². The van der Waals surface area contributed by atoms with Gasteiger partial charge in [0.15, 0.2) is 5.78 Å². The van der Waals surface area contributed by atoms with Crippen molar-refractivity contribution in [1.29, 1.82) is 0 Å². The summed E-state index contributed by atoms with van der Waals surface area (Å²) in [6, 6.07) is 0. The number of nitrogens with zero attached hydrogens (tertiary/aromatic N) is 1. The van der Waals surface area contributed by atoms with Crippen LogP contribution in [0.2, 0.25) is 0 Å². The zero-order chi connectivity index (χ0) is 7.44. The Labute approximate surface area is 54.4 Å². The van der Waals surface area contributed by atoms with Crippen molar-refractivity contribution in [2.75, 3.05) is 0 Å². The highest BCUT2D eigenvalue weighted by molar-refractivity contribution is 6.39. The molecule has 0 fully saturated rings. The number of carbonyl (C=O) groups excluding carboxylic acids is 1. The van der Waals surface area contributed by atoms with Gasteiger partial charge < -0.3 is 5.21 Å². The second-order valence-corrected chi connectivity index (χ2v) is 2.20. The van der Waals surface area contributed by atoms with Gasteiger partial charge in [-0.05, 0) is 6.92 Å². The van der Waals surface area contributed by atoms with Crippen molar-refractivity contribution >= 4 is 11.5 Å². The Morgan fingerprint density at radius 2 is 2.00 bits per heavy atom. The van der Waals surface area contributed by atoms with E-state index in [1.54, 1.807) is 13.8 Å². The molecule has 0 amide bonds. The minimum atomic E-state index is -0.113. The fraction of sp³-hybridized carbons (Fsp3) is 0.667. The summed E-state index contributed by atoms with van der Waals surface area (Å²) in [6.07, 6.45) is 0. The van der Waals surface area contributed by atoms with Gasteiger partial charge in [-0.15, -0.1) is 0 Å². The first-order valence-corrected chi connectivity index (χ1v) is 2.82. The van der Waals surface area contributed by atoms with E-state index in [2.05, 4.69) is 5.16 Å². The molecule has 0 aliphatic rings. The van der Waals surface area contributed by atoms with Crippen LogP contribution in [-0.4, -0.2) is 16.7 Å². The van der Waals surface area contributed by atoms with Gasteiger partial charge in [-0.2, -0.15) is 0 Å². The second kappa shape index (κ2) is 3.22. The summed E-state index contributed by atoms with van der Waals surface area (Å²) in [5.41, 5.74) is 0.171. The van der Waals surface area contributed by atoms with Gasteiger partial charge in [0, 0.05) is 5.92 Å². The molecular weight excluding hydrogens is 118 g/mol. The molecule has 0 unspecified atom stereocenters. The van der Waals surface area contributed by atoms with Crippen LogP contribution in [0.3, 0.4) is 0 Å². The molecule has 0 aromatic rings. The topological polar surface area (TPSA) is 49.7 Å². The van der Waals surface area contributed by atoms with E-state index < -0.39 is 0 Å². The van der Waals surface area contributed by atoms with Gasteiger partial charge in [0.1, 0.15) is 5.71 Å². The quantitative estimate of drug-likeness (QED) is 0.344. The number of carbonyl (C=O) groups is 1. The molecule has 0 radical (unpaired) electrons. The lowest BCUT2D eigenvalue weighted by Gasteiger charge is -1.98. The van der Waals surface area contributed by atoms with Gasteiger partial charge in [0.25, 0.3) is 0 Å². The summed E-state index contributed by atoms with van der Waals surface area (Å²) in [7, 11) is 0. The van der Waals surface area contributed by atoms with E-state index in [-0.39, 0.29) is 17.4 Å². The molecule has 3 heteroatoms. The van der Waals surface area contributed by atoms with Crippen molar-refractivity contribution in [2.24, 2.45) is 11.1 Å². The average Bonchev–Trinajstić information content (AvgIpc) is 1.84. The Bertz CT molecular complexity index is 138. The van der Waals surface area contributed by atoms with Gasteiger partial charge in [-0.25, -0.2) is 0 Å². The molecule has 0 aliphatic heterocycles. The summed E-state index contributed by atoms with van der Waals surface area (Å²) < 4.78 is 0. The highest BCUT2D eigenvalue weighted by Gasteiger charge is 2.09. The molecule has 0 saturated heterocycles. The molecule has 9 heavy (non-hydrogen) atoms. The predicted octanol–water partition coefficient (Wildman–Crippen LogP) is 1.06. The number of hydrogen-bond donors (Lipinski definition) is 1. The number of hydrogen-bond acceptors (Lipinski definition) is 3. The van der Waals surface area contributed by atoms with Crippen molar-refractivity contribution in [3.05, 3.63) is 0 Å². The Morgan fingerprint density at radius 1 is 1.56 bits per heavy atom. The number of ketones is 1. The first-order chi connectivity index (χ1) is 4.09. The van der Waals surface area contributed by atoms with Crippen LogP contribution < -0.4 is 0 Å². The predicted molar refractivity (Wildman–Crippen MR) is 34.7 cm³/mol. The van der Waals surface area contributed by atoms with E-state index in [9.17, 15) is 4.79 Å². The monoisotopic (exact) mass is 129 g/mol. The zero-order valence-electron chi connectivity index (χ0n) is 5.88. The normalized spacial score (nSPS) is 12.2. The lowest BCUT2D eigenvalue weighted by molar-refractivity contribution is -0.115. The van der Waals surface area contributed by atoms with Crippen LogP contribution in [0, 0.1) is 5.92 Å². The van der Waals surface area contributed by atoms with Crippen LogP contribution in [0.5, 0.6) is 0 Å². The third-order valence-corrected chi connectivity index (χ3v) is 1.03. The average molecular weight is 129 g/mol. The highest BCUT2D eigenvalue weighted by atomic mass is 16.4. The Kier molecular flexibility index (Phi) is 2.91. The van der Waals surface area contributed by atoms with Crippen molar-refractivity contribution in [2.45, 2.75) is 20.8 Å². The molecule has 0 heterocycles. The Morgan fingerprint density at radius 3 is 2.11 bits per heavy atom. The van der Waals surface area contributed by atoms with Crippen LogP contribution in [0.15, 0.2) is 5.16 Å². The van der Waals surface area contributed by atoms with Gasteiger partial charge in [-0.1, -0.05) is 19.0 Å². The van der Waals surface area contributed by atoms with Crippen LogP contribution in [0.1, 0.15) is 20.8 Å². The largest absolute Gasteiger partial charge is 0.411 e. The first-order valence-electron chi connectivity index (χ1n) is 2.82. The molecule has 3 nitrogen and oxygen atoms in total. The molecule has 0 aromatic carbocycles. The third kappa shape index (κ3) is 2.26. The van der Waals surface area contributed by atoms with Gasteiger partial charge in [-0.3, -0.25) is 4.79 Å². The van der Waals surface area contributed by atoms with E-state index >= 15 is 0 Å². The molecule has 0 rings (SSSR count). The van der Waals surface area contributed by atoms with Gasteiger partial charge in [0.2, 0.25) is 0 Å². The third-order valence-electron chi connectivity index (χ3n) is 1.03. The zero-order valence-corrected chi connectivity index (χ0v) is 5.88. The summed E-state index contributed by atoms with van der Waals surface area (Å²) in [6.45, 7) is 5.01. The molecule has 0 bridgehead atoms. The fourth-order valence-corrected chi connectivity index (χ4v) is 0.467. The summed E-state index contributed by atoms with van der Waals surface area (Å²) in [4.78, 5) is 10.8. The van der Waals surface area contributed by atoms with E-state index in [1.807, 2.05) is 0 Å². The van der Waals surface area contributed by atoms with E-state index in [0.29, 0.717) is 0 Å². The standard InChI is InChI=1S/C6H11NO2/c1-4(2)6(8)5(3)7-9/h4,9H,1-3H3. The van der Waals surface area contributed by atoms with Crippen molar-refractivity contribution in [3.8, 4) is 0 Å². The molecule has 0 saturated carbocycles. The molecule has 52 valence electrons. The van der Waals surface area contributed by atoms with Crippen molar-refractivity contribution < 1.29 is 10.0 Å². The Hall–Kier alpha value is -0.860. The maximum absolute atomic E-state index is 10.8. The lowest BCUT2D eigenvalue weighted by atomic mass is 10.1. The molecule has 0 atom stereocenters. The number of rotatable bonds is 2. The molecule has 1 N–H and O–H groups in total. The smallest absolute Gasteiger partial charge is 0.182 e. The second-order valence-electron chi connectivity index (χ2n) is 2.20. The number of Topliss-reactive ketones (excluding diaryl/α,β-unsaturated/α-hetero) is 1. The fourth-order valence-electron chi connectivity index (χ4n) is 0.467. The van der Waals surface area contributed by atoms with E-state index in [0.717, 1.165) is 0 Å². The SMILES string of the molecule is CC(=NO)C(=O)C(C)C. The first kappa shape index (κ1) is 8.14. The summed E-state index contributed by atoms with van der Waals surface area (Å²) in [5.74, 6) is -0.196. The van der Waals surface area contributed by atoms with E-state index in [4.69, 9.17) is 5.21 Å². The van der Waals surface area contributed by atoms with E-state index in [1.165, 1.54) is 6.92 Å². The van der Waals surface area contributed by atoms with Crippen LogP contribution >= 0.6 is 0 Å². The van der Waals surface area contributed by atoms with Gasteiger partial charge in [0.05, 0.1) is 0 Å².